The van der Waals surface area contributed by atoms with Gasteiger partial charge in [-0.2, -0.15) is 9.78 Å². The molecule has 0 bridgehead atoms. The second-order valence-electron chi connectivity index (χ2n) is 4.95. The first-order chi connectivity index (χ1) is 10.2. The Hall–Kier alpha value is -2.44. The number of aromatic nitrogens is 4. The largest absolute Gasteiger partial charge is 0.462 e. The molecule has 1 saturated carbocycles. The lowest BCUT2D eigenvalue weighted by molar-refractivity contribution is 0.0525. The quantitative estimate of drug-likeness (QED) is 0.860. The zero-order valence-corrected chi connectivity index (χ0v) is 11.8. The number of esters is 1. The monoisotopic (exact) mass is 287 g/mol. The Balaban J connectivity index is 2.08. The molecule has 0 unspecified atom stereocenters. The predicted molar refractivity (Wildman–Crippen MR) is 76.1 cm³/mol. The highest BCUT2D eigenvalue weighted by atomic mass is 16.5. The van der Waals surface area contributed by atoms with Gasteiger partial charge in [0.25, 0.3) is 5.95 Å². The van der Waals surface area contributed by atoms with Crippen molar-refractivity contribution in [1.82, 2.24) is 19.7 Å². The van der Waals surface area contributed by atoms with Gasteiger partial charge in [0, 0.05) is 18.3 Å². The van der Waals surface area contributed by atoms with E-state index in [9.17, 15) is 4.79 Å². The minimum Gasteiger partial charge on any atom is -0.462 e. The molecule has 1 aliphatic carbocycles. The van der Waals surface area contributed by atoms with Crippen LogP contribution in [0.15, 0.2) is 18.5 Å². The molecule has 110 valence electrons. The Morgan fingerprint density at radius 2 is 2.14 bits per heavy atom. The van der Waals surface area contributed by atoms with Crippen LogP contribution < -0.4 is 5.73 Å². The molecule has 0 aromatic carbocycles. The van der Waals surface area contributed by atoms with Crippen LogP contribution in [0.25, 0.3) is 5.95 Å². The van der Waals surface area contributed by atoms with Crippen LogP contribution in [-0.4, -0.2) is 32.3 Å². The summed E-state index contributed by atoms with van der Waals surface area (Å²) >= 11 is 0. The summed E-state index contributed by atoms with van der Waals surface area (Å²) in [6, 6.07) is 1.71. The molecule has 7 nitrogen and oxygen atoms in total. The van der Waals surface area contributed by atoms with Crippen LogP contribution in [0.4, 0.5) is 5.82 Å². The Morgan fingerprint density at radius 1 is 1.43 bits per heavy atom. The number of nitrogens with zero attached hydrogens (tertiary/aromatic N) is 4. The number of carbonyl (C=O) groups excluding carboxylic acids is 1. The number of hydrogen-bond donors (Lipinski definition) is 1. The van der Waals surface area contributed by atoms with Crippen LogP contribution in [-0.2, 0) is 4.74 Å². The summed E-state index contributed by atoms with van der Waals surface area (Å²) in [5.41, 5.74) is 7.16. The van der Waals surface area contributed by atoms with E-state index in [2.05, 4.69) is 15.1 Å². The zero-order chi connectivity index (χ0) is 14.8. The molecule has 0 atom stereocenters. The molecule has 0 amide bonds. The maximum atomic E-state index is 12.2. The first kappa shape index (κ1) is 13.5. The van der Waals surface area contributed by atoms with Gasteiger partial charge in [-0.05, 0) is 25.8 Å². The van der Waals surface area contributed by atoms with Crippen molar-refractivity contribution in [2.45, 2.75) is 32.1 Å². The van der Waals surface area contributed by atoms with Crippen LogP contribution >= 0.6 is 0 Å². The minimum absolute atomic E-state index is 0.238. The van der Waals surface area contributed by atoms with E-state index in [1.807, 2.05) is 0 Å². The number of ether oxygens (including phenoxy) is 1. The summed E-state index contributed by atoms with van der Waals surface area (Å²) in [6.45, 7) is 2.07. The summed E-state index contributed by atoms with van der Waals surface area (Å²) in [7, 11) is 0. The topological polar surface area (TPSA) is 95.9 Å². The number of carbonyl (C=O) groups is 1. The van der Waals surface area contributed by atoms with Crippen molar-refractivity contribution in [3.63, 3.8) is 0 Å². The molecule has 1 fully saturated rings. The molecule has 7 heteroatoms. The molecule has 1 aliphatic rings. The third kappa shape index (κ3) is 2.35. The van der Waals surface area contributed by atoms with Gasteiger partial charge >= 0.3 is 5.97 Å². The third-order valence-electron chi connectivity index (χ3n) is 3.66. The fourth-order valence-corrected chi connectivity index (χ4v) is 2.38. The van der Waals surface area contributed by atoms with Gasteiger partial charge in [-0.15, -0.1) is 0 Å². The average molecular weight is 287 g/mol. The fourth-order valence-electron chi connectivity index (χ4n) is 2.38. The summed E-state index contributed by atoms with van der Waals surface area (Å²) in [4.78, 5) is 20.4. The highest BCUT2D eigenvalue weighted by Crippen LogP contribution is 2.39. The lowest BCUT2D eigenvalue weighted by atomic mass is 9.81. The highest BCUT2D eigenvalue weighted by molar-refractivity contribution is 5.96. The van der Waals surface area contributed by atoms with E-state index >= 15 is 0 Å². The molecule has 2 aromatic heterocycles. The second-order valence-corrected chi connectivity index (χ2v) is 4.95. The van der Waals surface area contributed by atoms with E-state index in [4.69, 9.17) is 10.5 Å². The van der Waals surface area contributed by atoms with Crippen molar-refractivity contribution in [1.29, 1.82) is 0 Å². The molecule has 0 aliphatic heterocycles. The molecule has 0 radical (unpaired) electrons. The summed E-state index contributed by atoms with van der Waals surface area (Å²) < 4.78 is 6.52. The van der Waals surface area contributed by atoms with Crippen LogP contribution in [0.5, 0.6) is 0 Å². The van der Waals surface area contributed by atoms with Crippen molar-refractivity contribution in [3.8, 4) is 5.95 Å². The normalized spacial score (nSPS) is 14.7. The van der Waals surface area contributed by atoms with Crippen molar-refractivity contribution in [2.75, 3.05) is 12.3 Å². The van der Waals surface area contributed by atoms with E-state index in [0.717, 1.165) is 19.3 Å². The number of hydrogen-bond acceptors (Lipinski definition) is 6. The van der Waals surface area contributed by atoms with E-state index in [0.29, 0.717) is 23.8 Å². The first-order valence-electron chi connectivity index (χ1n) is 7.05. The smallest absolute Gasteiger partial charge is 0.343 e. The summed E-state index contributed by atoms with van der Waals surface area (Å²) in [5.74, 6) is 0.420. The lowest BCUT2D eigenvalue weighted by Crippen LogP contribution is -2.15. The van der Waals surface area contributed by atoms with Crippen LogP contribution in [0.2, 0.25) is 0 Å². The Kier molecular flexibility index (Phi) is 3.55. The SMILES string of the molecule is CCOC(=O)c1c(C2CCC2)nn(-c2ncccn2)c1N. The van der Waals surface area contributed by atoms with Gasteiger partial charge in [-0.25, -0.2) is 14.8 Å². The first-order valence-corrected chi connectivity index (χ1v) is 7.05. The fraction of sp³-hybridized carbons (Fsp3) is 0.429. The van der Waals surface area contributed by atoms with E-state index in [1.54, 1.807) is 25.4 Å². The zero-order valence-electron chi connectivity index (χ0n) is 11.8. The third-order valence-corrected chi connectivity index (χ3v) is 3.66. The van der Waals surface area contributed by atoms with Gasteiger partial charge in [0.05, 0.1) is 12.3 Å². The van der Waals surface area contributed by atoms with Gasteiger partial charge in [-0.3, -0.25) is 0 Å². The molecular formula is C14H17N5O2. The van der Waals surface area contributed by atoms with Crippen molar-refractivity contribution >= 4 is 11.8 Å². The summed E-state index contributed by atoms with van der Waals surface area (Å²) in [6.07, 6.45) is 6.38. The van der Waals surface area contributed by atoms with Crippen LogP contribution in [0.1, 0.15) is 48.2 Å². The van der Waals surface area contributed by atoms with E-state index < -0.39 is 5.97 Å². The van der Waals surface area contributed by atoms with Crippen molar-refractivity contribution in [3.05, 3.63) is 29.7 Å². The number of rotatable bonds is 4. The molecule has 0 saturated heterocycles. The van der Waals surface area contributed by atoms with Crippen molar-refractivity contribution < 1.29 is 9.53 Å². The number of nitrogen functional groups attached to an aromatic ring is 1. The molecule has 21 heavy (non-hydrogen) atoms. The molecule has 2 aromatic rings. The Labute approximate surface area is 122 Å². The maximum absolute atomic E-state index is 12.2. The number of anilines is 1. The number of nitrogens with two attached hydrogens (primary N) is 1. The van der Waals surface area contributed by atoms with Crippen LogP contribution in [0, 0.1) is 0 Å². The predicted octanol–water partition coefficient (Wildman–Crippen LogP) is 1.69. The average Bonchev–Trinajstić information content (AvgIpc) is 2.75. The van der Waals surface area contributed by atoms with E-state index in [-0.39, 0.29) is 11.7 Å². The standard InChI is InChI=1S/C14H17N5O2/c1-2-21-13(20)10-11(9-5-3-6-9)18-19(12(10)15)14-16-7-4-8-17-14/h4,7-9H,2-3,5-6,15H2,1H3. The van der Waals surface area contributed by atoms with Gasteiger partial charge in [0.1, 0.15) is 11.4 Å². The minimum atomic E-state index is -0.431. The van der Waals surface area contributed by atoms with Gasteiger partial charge in [-0.1, -0.05) is 6.42 Å². The van der Waals surface area contributed by atoms with Crippen molar-refractivity contribution in [2.24, 2.45) is 0 Å². The molecule has 2 N–H and O–H groups in total. The maximum Gasteiger partial charge on any atom is 0.343 e. The van der Waals surface area contributed by atoms with Crippen LogP contribution in [0.3, 0.4) is 0 Å². The van der Waals surface area contributed by atoms with Gasteiger partial charge in [0.15, 0.2) is 0 Å². The lowest BCUT2D eigenvalue weighted by Gasteiger charge is -2.24. The van der Waals surface area contributed by atoms with Gasteiger partial charge in [0.2, 0.25) is 0 Å². The molecule has 0 spiro atoms. The molecule has 2 heterocycles. The molecule has 3 rings (SSSR count). The Morgan fingerprint density at radius 3 is 2.71 bits per heavy atom. The summed E-state index contributed by atoms with van der Waals surface area (Å²) in [5, 5.41) is 4.47. The van der Waals surface area contributed by atoms with E-state index in [1.165, 1.54) is 4.68 Å². The Bertz CT molecular complexity index is 649. The second kappa shape index (κ2) is 5.51. The molecular weight excluding hydrogens is 270 g/mol. The highest BCUT2D eigenvalue weighted by Gasteiger charge is 2.32. The van der Waals surface area contributed by atoms with Gasteiger partial charge < -0.3 is 10.5 Å².